The van der Waals surface area contributed by atoms with Crippen molar-refractivity contribution in [2.24, 2.45) is 0 Å². The Labute approximate surface area is 140 Å². The number of amides is 1. The number of nitriles is 1. The van der Waals surface area contributed by atoms with Crippen LogP contribution in [0.2, 0.25) is 0 Å². The van der Waals surface area contributed by atoms with E-state index < -0.39 is 0 Å². The SMILES string of the molecule is N#Cc1cccnc1N1CCC(n2cc(N3CCCC3=O)cn2)C1. The van der Waals surface area contributed by atoms with Crippen LogP contribution in [-0.4, -0.2) is 40.3 Å². The Balaban J connectivity index is 1.50. The summed E-state index contributed by atoms with van der Waals surface area (Å²) in [6.45, 7) is 2.38. The topological polar surface area (TPSA) is 78.0 Å². The van der Waals surface area contributed by atoms with Crippen LogP contribution < -0.4 is 9.80 Å². The fraction of sp³-hybridized carbons (Fsp3) is 0.412. The van der Waals surface area contributed by atoms with Crippen LogP contribution in [0.3, 0.4) is 0 Å². The molecule has 2 saturated heterocycles. The van der Waals surface area contributed by atoms with E-state index in [4.69, 9.17) is 0 Å². The van der Waals surface area contributed by atoms with E-state index in [-0.39, 0.29) is 11.9 Å². The molecule has 1 atom stereocenters. The lowest BCUT2D eigenvalue weighted by atomic mass is 10.2. The van der Waals surface area contributed by atoms with Gasteiger partial charge in [0.25, 0.3) is 0 Å². The molecule has 0 aliphatic carbocycles. The van der Waals surface area contributed by atoms with Crippen molar-refractivity contribution in [1.29, 1.82) is 5.26 Å². The Morgan fingerprint density at radius 2 is 2.25 bits per heavy atom. The maximum absolute atomic E-state index is 11.9. The van der Waals surface area contributed by atoms with Crippen LogP contribution in [0, 0.1) is 11.3 Å². The summed E-state index contributed by atoms with van der Waals surface area (Å²) in [7, 11) is 0. The summed E-state index contributed by atoms with van der Waals surface area (Å²) in [5.74, 6) is 0.916. The number of aromatic nitrogens is 3. The Morgan fingerprint density at radius 1 is 1.33 bits per heavy atom. The molecule has 0 radical (unpaired) electrons. The molecule has 2 aromatic rings. The van der Waals surface area contributed by atoms with Gasteiger partial charge in [0.2, 0.25) is 5.91 Å². The summed E-state index contributed by atoms with van der Waals surface area (Å²) in [6.07, 6.45) is 7.93. The van der Waals surface area contributed by atoms with Crippen molar-refractivity contribution in [1.82, 2.24) is 14.8 Å². The minimum atomic E-state index is 0.176. The second-order valence-corrected chi connectivity index (χ2v) is 6.20. The summed E-state index contributed by atoms with van der Waals surface area (Å²) >= 11 is 0. The van der Waals surface area contributed by atoms with Crippen LogP contribution in [0.5, 0.6) is 0 Å². The summed E-state index contributed by atoms with van der Waals surface area (Å²) in [4.78, 5) is 20.2. The normalized spacial score (nSPS) is 20.6. The molecule has 7 nitrogen and oxygen atoms in total. The molecule has 1 unspecified atom stereocenters. The molecular formula is C17H18N6O. The van der Waals surface area contributed by atoms with Gasteiger partial charge in [-0.15, -0.1) is 0 Å². The highest BCUT2D eigenvalue weighted by atomic mass is 16.2. The van der Waals surface area contributed by atoms with Crippen molar-refractivity contribution in [3.63, 3.8) is 0 Å². The number of nitrogens with zero attached hydrogens (tertiary/aromatic N) is 6. The lowest BCUT2D eigenvalue weighted by Gasteiger charge is -2.18. The van der Waals surface area contributed by atoms with Crippen LogP contribution in [-0.2, 0) is 4.79 Å². The predicted molar refractivity (Wildman–Crippen MR) is 88.6 cm³/mol. The highest BCUT2D eigenvalue weighted by Crippen LogP contribution is 2.29. The third kappa shape index (κ3) is 2.50. The van der Waals surface area contributed by atoms with Gasteiger partial charge in [0.05, 0.1) is 23.5 Å². The zero-order chi connectivity index (χ0) is 16.5. The predicted octanol–water partition coefficient (Wildman–Crippen LogP) is 1.73. The molecule has 7 heteroatoms. The third-order valence-corrected chi connectivity index (χ3v) is 4.72. The van der Waals surface area contributed by atoms with Crippen molar-refractivity contribution in [2.45, 2.75) is 25.3 Å². The largest absolute Gasteiger partial charge is 0.353 e. The maximum atomic E-state index is 11.9. The summed E-state index contributed by atoms with van der Waals surface area (Å²) in [5, 5.41) is 13.7. The fourth-order valence-electron chi connectivity index (χ4n) is 3.47. The van der Waals surface area contributed by atoms with Crippen molar-refractivity contribution in [3.05, 3.63) is 36.3 Å². The van der Waals surface area contributed by atoms with Gasteiger partial charge in [-0.05, 0) is 25.0 Å². The van der Waals surface area contributed by atoms with Gasteiger partial charge in [-0.1, -0.05) is 0 Å². The molecule has 2 aromatic heterocycles. The van der Waals surface area contributed by atoms with Gasteiger partial charge in [0.15, 0.2) is 0 Å². The maximum Gasteiger partial charge on any atom is 0.227 e. The van der Waals surface area contributed by atoms with Crippen LogP contribution in [0.15, 0.2) is 30.7 Å². The Hall–Kier alpha value is -2.88. The molecule has 2 aliphatic rings. The van der Waals surface area contributed by atoms with Gasteiger partial charge in [0, 0.05) is 38.4 Å². The first-order valence-corrected chi connectivity index (χ1v) is 8.21. The zero-order valence-corrected chi connectivity index (χ0v) is 13.3. The molecule has 1 amide bonds. The molecule has 2 aliphatic heterocycles. The van der Waals surface area contributed by atoms with E-state index in [0.29, 0.717) is 12.0 Å². The fourth-order valence-corrected chi connectivity index (χ4v) is 3.47. The molecule has 0 aromatic carbocycles. The number of hydrogen-bond donors (Lipinski definition) is 0. The molecule has 24 heavy (non-hydrogen) atoms. The second kappa shape index (κ2) is 5.96. The van der Waals surface area contributed by atoms with E-state index >= 15 is 0 Å². The number of anilines is 2. The quantitative estimate of drug-likeness (QED) is 0.860. The number of pyridine rings is 1. The summed E-state index contributed by atoms with van der Waals surface area (Å²) in [6, 6.07) is 6.00. The third-order valence-electron chi connectivity index (χ3n) is 4.72. The molecule has 2 fully saturated rings. The molecule has 4 rings (SSSR count). The summed E-state index contributed by atoms with van der Waals surface area (Å²) in [5.41, 5.74) is 1.48. The Bertz CT molecular complexity index is 807. The Morgan fingerprint density at radius 3 is 3.04 bits per heavy atom. The van der Waals surface area contributed by atoms with Crippen LogP contribution in [0.25, 0.3) is 0 Å². The van der Waals surface area contributed by atoms with Crippen molar-refractivity contribution in [2.75, 3.05) is 29.4 Å². The lowest BCUT2D eigenvalue weighted by Crippen LogP contribution is -2.24. The average molecular weight is 322 g/mol. The van der Waals surface area contributed by atoms with E-state index in [9.17, 15) is 10.1 Å². The smallest absolute Gasteiger partial charge is 0.227 e. The van der Waals surface area contributed by atoms with E-state index in [1.165, 1.54) is 0 Å². The zero-order valence-electron chi connectivity index (χ0n) is 13.3. The minimum Gasteiger partial charge on any atom is -0.353 e. The van der Waals surface area contributed by atoms with Crippen molar-refractivity contribution < 1.29 is 4.79 Å². The number of carbonyl (C=O) groups excluding carboxylic acids is 1. The number of hydrogen-bond acceptors (Lipinski definition) is 5. The molecule has 0 N–H and O–H groups in total. The van der Waals surface area contributed by atoms with E-state index in [1.807, 2.05) is 15.8 Å². The molecule has 122 valence electrons. The summed E-state index contributed by atoms with van der Waals surface area (Å²) < 4.78 is 1.94. The van der Waals surface area contributed by atoms with Gasteiger partial charge >= 0.3 is 0 Å². The van der Waals surface area contributed by atoms with Crippen molar-refractivity contribution in [3.8, 4) is 6.07 Å². The minimum absolute atomic E-state index is 0.176. The van der Waals surface area contributed by atoms with Crippen molar-refractivity contribution >= 4 is 17.4 Å². The molecule has 4 heterocycles. The van der Waals surface area contributed by atoms with E-state index in [0.717, 1.165) is 44.0 Å². The molecule has 0 spiro atoms. The van der Waals surface area contributed by atoms with E-state index in [2.05, 4.69) is 21.1 Å². The van der Waals surface area contributed by atoms with E-state index in [1.54, 1.807) is 24.5 Å². The second-order valence-electron chi connectivity index (χ2n) is 6.20. The van der Waals surface area contributed by atoms with Crippen LogP contribution >= 0.6 is 0 Å². The number of rotatable bonds is 3. The Kier molecular flexibility index (Phi) is 3.65. The first kappa shape index (κ1) is 14.7. The van der Waals surface area contributed by atoms with Gasteiger partial charge in [-0.3, -0.25) is 9.48 Å². The standard InChI is InChI=1S/C17H18N6O/c18-9-13-3-1-6-19-17(13)21-8-5-14(11-21)23-12-15(10-20-23)22-7-2-4-16(22)24/h1,3,6,10,12,14H,2,4-5,7-8,11H2. The highest BCUT2D eigenvalue weighted by Gasteiger charge is 2.28. The van der Waals surface area contributed by atoms with Gasteiger partial charge < -0.3 is 9.80 Å². The van der Waals surface area contributed by atoms with Crippen LogP contribution in [0.4, 0.5) is 11.5 Å². The van der Waals surface area contributed by atoms with Gasteiger partial charge in [-0.2, -0.15) is 10.4 Å². The molecule has 0 saturated carbocycles. The average Bonchev–Trinajstić information content (AvgIpc) is 3.34. The van der Waals surface area contributed by atoms with Gasteiger partial charge in [0.1, 0.15) is 11.9 Å². The first-order valence-electron chi connectivity index (χ1n) is 8.21. The monoisotopic (exact) mass is 322 g/mol. The molecule has 0 bridgehead atoms. The van der Waals surface area contributed by atoms with Crippen LogP contribution in [0.1, 0.15) is 30.9 Å². The lowest BCUT2D eigenvalue weighted by molar-refractivity contribution is -0.117. The highest BCUT2D eigenvalue weighted by molar-refractivity contribution is 5.95. The first-order chi connectivity index (χ1) is 11.8. The number of carbonyl (C=O) groups is 1. The van der Waals surface area contributed by atoms with Gasteiger partial charge in [-0.25, -0.2) is 4.98 Å². The molecular weight excluding hydrogens is 304 g/mol.